The summed E-state index contributed by atoms with van der Waals surface area (Å²) in [6.07, 6.45) is 1.95. The van der Waals surface area contributed by atoms with Gasteiger partial charge in [0.05, 0.1) is 31.1 Å². The quantitative estimate of drug-likeness (QED) is 0.326. The summed E-state index contributed by atoms with van der Waals surface area (Å²) in [4.78, 5) is 31.9. The number of rotatable bonds is 7. The molecule has 0 bridgehead atoms. The Bertz CT molecular complexity index is 1240. The Morgan fingerprint density at radius 1 is 1.06 bits per heavy atom. The molecule has 1 aromatic heterocycles. The fourth-order valence-corrected chi connectivity index (χ4v) is 4.00. The number of nitrogens with zero attached hydrogens (tertiary/aromatic N) is 2. The minimum atomic E-state index is -0.895. The molecule has 4 rings (SSSR count). The van der Waals surface area contributed by atoms with Crippen LogP contribution in [0.2, 0.25) is 0 Å². The zero-order valence-corrected chi connectivity index (χ0v) is 18.7. The number of Topliss-reactive ketones (excluding diaryl/α,β-unsaturated/α-hetero) is 1. The van der Waals surface area contributed by atoms with Gasteiger partial charge in [-0.1, -0.05) is 18.2 Å². The molecular weight excluding hydrogens is 439 g/mol. The highest BCUT2D eigenvalue weighted by Gasteiger charge is 2.46. The summed E-state index contributed by atoms with van der Waals surface area (Å²) >= 11 is 0. The van der Waals surface area contributed by atoms with Crippen molar-refractivity contribution < 1.29 is 28.6 Å². The highest BCUT2D eigenvalue weighted by molar-refractivity contribution is 6.46. The van der Waals surface area contributed by atoms with E-state index in [1.807, 2.05) is 0 Å². The smallest absolute Gasteiger partial charge is 0.295 e. The van der Waals surface area contributed by atoms with Crippen molar-refractivity contribution in [2.45, 2.75) is 12.5 Å². The molecule has 2 aromatic carbocycles. The maximum atomic E-state index is 13.3. The molecule has 0 radical (unpaired) electrons. The van der Waals surface area contributed by atoms with Gasteiger partial charge in [0.1, 0.15) is 29.1 Å². The van der Waals surface area contributed by atoms with Gasteiger partial charge in [-0.2, -0.15) is 0 Å². The lowest BCUT2D eigenvalue weighted by atomic mass is 9.97. The molecule has 7 nitrogen and oxygen atoms in total. The largest absolute Gasteiger partial charge is 0.507 e. The van der Waals surface area contributed by atoms with E-state index in [4.69, 9.17) is 9.47 Å². The second-order valence-electron chi connectivity index (χ2n) is 7.69. The number of carbonyl (C=O) groups is 2. The van der Waals surface area contributed by atoms with E-state index in [0.29, 0.717) is 17.9 Å². The first kappa shape index (κ1) is 23.0. The van der Waals surface area contributed by atoms with Gasteiger partial charge < -0.3 is 19.5 Å². The summed E-state index contributed by atoms with van der Waals surface area (Å²) < 4.78 is 23.9. The third kappa shape index (κ3) is 4.34. The number of halogens is 1. The van der Waals surface area contributed by atoms with Gasteiger partial charge in [-0.25, -0.2) is 4.39 Å². The molecular formula is C26H23FN2O5. The van der Waals surface area contributed by atoms with Gasteiger partial charge in [0.15, 0.2) is 0 Å². The van der Waals surface area contributed by atoms with E-state index in [1.165, 1.54) is 31.3 Å². The van der Waals surface area contributed by atoms with Crippen LogP contribution < -0.4 is 9.47 Å². The number of pyridine rings is 1. The SMILES string of the molecule is COc1ccc(/C(O)=C2/C(=O)C(=O)N(CCc3ccc(F)cc3)C2c2ccccn2)c(OC)c1. The van der Waals surface area contributed by atoms with Crippen LogP contribution in [0.5, 0.6) is 11.5 Å². The molecule has 1 aliphatic rings. The molecule has 1 N–H and O–H groups in total. The number of hydrogen-bond acceptors (Lipinski definition) is 6. The molecule has 174 valence electrons. The lowest BCUT2D eigenvalue weighted by molar-refractivity contribution is -0.139. The van der Waals surface area contributed by atoms with Crippen molar-refractivity contribution in [1.82, 2.24) is 9.88 Å². The molecule has 3 aromatic rings. The lowest BCUT2D eigenvalue weighted by Gasteiger charge is -2.24. The normalized spacial score (nSPS) is 17.1. The van der Waals surface area contributed by atoms with E-state index in [-0.39, 0.29) is 35.0 Å². The Balaban J connectivity index is 1.79. The van der Waals surface area contributed by atoms with Gasteiger partial charge in [-0.3, -0.25) is 14.6 Å². The van der Waals surface area contributed by atoms with Gasteiger partial charge >= 0.3 is 0 Å². The van der Waals surface area contributed by atoms with Crippen molar-refractivity contribution in [1.29, 1.82) is 0 Å². The van der Waals surface area contributed by atoms with Gasteiger partial charge in [0, 0.05) is 18.8 Å². The molecule has 34 heavy (non-hydrogen) atoms. The van der Waals surface area contributed by atoms with Crippen molar-refractivity contribution >= 4 is 17.4 Å². The average molecular weight is 462 g/mol. The van der Waals surface area contributed by atoms with Crippen LogP contribution in [-0.2, 0) is 16.0 Å². The van der Waals surface area contributed by atoms with Crippen LogP contribution >= 0.6 is 0 Å². The van der Waals surface area contributed by atoms with Crippen molar-refractivity contribution in [3.63, 3.8) is 0 Å². The number of amides is 1. The van der Waals surface area contributed by atoms with Gasteiger partial charge in [0.25, 0.3) is 11.7 Å². The number of ether oxygens (including phenoxy) is 2. The van der Waals surface area contributed by atoms with Crippen molar-refractivity contribution in [2.75, 3.05) is 20.8 Å². The second kappa shape index (κ2) is 9.74. The average Bonchev–Trinajstić information content (AvgIpc) is 3.13. The van der Waals surface area contributed by atoms with Crippen LogP contribution in [-0.4, -0.2) is 47.4 Å². The van der Waals surface area contributed by atoms with Crippen LogP contribution in [0.15, 0.2) is 72.4 Å². The number of likely N-dealkylation sites (tertiary alicyclic amines) is 1. The van der Waals surface area contributed by atoms with Crippen molar-refractivity contribution in [2.24, 2.45) is 0 Å². The van der Waals surface area contributed by atoms with Crippen LogP contribution in [0.25, 0.3) is 5.76 Å². The number of hydrogen-bond donors (Lipinski definition) is 1. The Labute approximate surface area is 196 Å². The molecule has 1 unspecified atom stereocenters. The van der Waals surface area contributed by atoms with Crippen LogP contribution in [0, 0.1) is 5.82 Å². The summed E-state index contributed by atoms with van der Waals surface area (Å²) in [5.41, 5.74) is 1.42. The molecule has 2 heterocycles. The Hall–Kier alpha value is -4.20. The summed E-state index contributed by atoms with van der Waals surface area (Å²) in [6, 6.07) is 15.0. The lowest BCUT2D eigenvalue weighted by Crippen LogP contribution is -2.32. The fraction of sp³-hybridized carbons (Fsp3) is 0.192. The summed E-state index contributed by atoms with van der Waals surface area (Å²) in [5.74, 6) is -1.48. The third-order valence-corrected chi connectivity index (χ3v) is 5.73. The summed E-state index contributed by atoms with van der Waals surface area (Å²) in [6.45, 7) is 0.175. The van der Waals surface area contributed by atoms with Crippen LogP contribution in [0.3, 0.4) is 0 Å². The Kier molecular flexibility index (Phi) is 6.58. The van der Waals surface area contributed by atoms with Gasteiger partial charge in [0.2, 0.25) is 0 Å². The summed E-state index contributed by atoms with van der Waals surface area (Å²) in [5, 5.41) is 11.2. The van der Waals surface area contributed by atoms with E-state index in [9.17, 15) is 19.1 Å². The first-order valence-corrected chi connectivity index (χ1v) is 10.6. The van der Waals surface area contributed by atoms with Crippen molar-refractivity contribution in [3.05, 3.63) is 95.1 Å². The predicted molar refractivity (Wildman–Crippen MR) is 123 cm³/mol. The van der Waals surface area contributed by atoms with Crippen molar-refractivity contribution in [3.8, 4) is 11.5 Å². The third-order valence-electron chi connectivity index (χ3n) is 5.73. The molecule has 0 saturated carbocycles. The highest BCUT2D eigenvalue weighted by atomic mass is 19.1. The monoisotopic (exact) mass is 462 g/mol. The topological polar surface area (TPSA) is 89.0 Å². The Morgan fingerprint density at radius 3 is 2.47 bits per heavy atom. The van der Waals surface area contributed by atoms with E-state index < -0.39 is 17.7 Å². The number of aliphatic hydroxyl groups excluding tert-OH is 1. The zero-order valence-electron chi connectivity index (χ0n) is 18.7. The predicted octanol–water partition coefficient (Wildman–Crippen LogP) is 3.90. The molecule has 1 fully saturated rings. The molecule has 0 aliphatic carbocycles. The first-order chi connectivity index (χ1) is 16.4. The minimum Gasteiger partial charge on any atom is -0.507 e. The maximum absolute atomic E-state index is 13.3. The number of aromatic nitrogens is 1. The maximum Gasteiger partial charge on any atom is 0.295 e. The number of aliphatic hydroxyl groups is 1. The molecule has 1 amide bonds. The van der Waals surface area contributed by atoms with E-state index >= 15 is 0 Å². The highest BCUT2D eigenvalue weighted by Crippen LogP contribution is 2.40. The standard InChI is InChI=1S/C26H23FN2O5/c1-33-18-10-11-19(21(15-18)34-2)24(30)22-23(20-5-3-4-13-28-20)29(26(32)25(22)31)14-12-16-6-8-17(27)9-7-16/h3-11,13,15,23,30H,12,14H2,1-2H3/b24-22-. The molecule has 1 aliphatic heterocycles. The van der Waals surface area contributed by atoms with Crippen LogP contribution in [0.1, 0.15) is 22.9 Å². The zero-order chi connectivity index (χ0) is 24.2. The second-order valence-corrected chi connectivity index (χ2v) is 7.69. The number of carbonyl (C=O) groups excluding carboxylic acids is 2. The number of methoxy groups -OCH3 is 2. The molecule has 8 heteroatoms. The van der Waals surface area contributed by atoms with E-state index in [2.05, 4.69) is 4.98 Å². The van der Waals surface area contributed by atoms with E-state index in [1.54, 1.807) is 54.7 Å². The summed E-state index contributed by atoms with van der Waals surface area (Å²) in [7, 11) is 2.94. The van der Waals surface area contributed by atoms with E-state index in [0.717, 1.165) is 5.56 Å². The number of benzene rings is 2. The fourth-order valence-electron chi connectivity index (χ4n) is 4.00. The first-order valence-electron chi connectivity index (χ1n) is 10.6. The molecule has 1 atom stereocenters. The van der Waals surface area contributed by atoms with Crippen LogP contribution in [0.4, 0.5) is 4.39 Å². The van der Waals surface area contributed by atoms with Gasteiger partial charge in [-0.15, -0.1) is 0 Å². The Morgan fingerprint density at radius 2 is 1.82 bits per heavy atom. The minimum absolute atomic E-state index is 0.0775. The molecule has 0 spiro atoms. The van der Waals surface area contributed by atoms with Gasteiger partial charge in [-0.05, 0) is 48.4 Å². The molecule has 1 saturated heterocycles. The number of ketones is 1.